The number of carbonyl (C=O) groups excluding carboxylic acids is 1. The summed E-state index contributed by atoms with van der Waals surface area (Å²) in [5, 5.41) is 2.80. The van der Waals surface area contributed by atoms with E-state index in [0.717, 1.165) is 5.56 Å². The quantitative estimate of drug-likeness (QED) is 0.765. The van der Waals surface area contributed by atoms with Crippen molar-refractivity contribution >= 4 is 21.6 Å². The van der Waals surface area contributed by atoms with Gasteiger partial charge >= 0.3 is 0 Å². The molecule has 0 atom stereocenters. The molecule has 8 heteroatoms. The minimum Gasteiger partial charge on any atom is -0.495 e. The molecule has 1 amide bonds. The van der Waals surface area contributed by atoms with Crippen molar-refractivity contribution in [1.29, 1.82) is 0 Å². The van der Waals surface area contributed by atoms with Crippen molar-refractivity contribution in [3.8, 4) is 5.75 Å². The topological polar surface area (TPSA) is 79.0 Å². The lowest BCUT2D eigenvalue weighted by Gasteiger charge is -2.31. The molecule has 0 spiro atoms. The normalized spacial score (nSPS) is 16.2. The summed E-state index contributed by atoms with van der Waals surface area (Å²) in [6.45, 7) is 8.57. The highest BCUT2D eigenvalue weighted by Crippen LogP contribution is 2.30. The van der Waals surface area contributed by atoms with Gasteiger partial charge in [0.2, 0.25) is 10.0 Å². The van der Waals surface area contributed by atoms with Gasteiger partial charge in [-0.1, -0.05) is 32.9 Å². The highest BCUT2D eigenvalue weighted by atomic mass is 32.2. The fourth-order valence-electron chi connectivity index (χ4n) is 3.44. The number of rotatable bonds is 5. The number of hydrogen-bond acceptors (Lipinski definition) is 5. The maximum absolute atomic E-state index is 13.1. The highest BCUT2D eigenvalue weighted by Gasteiger charge is 2.28. The van der Waals surface area contributed by atoms with E-state index in [4.69, 9.17) is 4.74 Å². The zero-order valence-electron chi connectivity index (χ0n) is 18.8. The molecule has 2 aromatic rings. The minimum atomic E-state index is -3.66. The van der Waals surface area contributed by atoms with Crippen molar-refractivity contribution in [2.75, 3.05) is 45.7 Å². The maximum Gasteiger partial charge on any atom is 0.255 e. The van der Waals surface area contributed by atoms with Gasteiger partial charge in [-0.15, -0.1) is 0 Å². The number of likely N-dealkylation sites (N-methyl/N-ethyl adjacent to an activating group) is 1. The summed E-state index contributed by atoms with van der Waals surface area (Å²) in [6.07, 6.45) is 0. The Kier molecular flexibility index (Phi) is 6.73. The van der Waals surface area contributed by atoms with Crippen LogP contribution in [0.4, 0.5) is 5.69 Å². The molecular formula is C23H31N3O4S. The SMILES string of the molecule is COc1ccc(S(=O)(=O)N2CCN(C)CC2)cc1NC(=O)c1ccc(C(C)(C)C)cc1. The van der Waals surface area contributed by atoms with E-state index < -0.39 is 10.0 Å². The van der Waals surface area contributed by atoms with Gasteiger partial charge in [-0.3, -0.25) is 4.79 Å². The number of piperazine rings is 1. The fraction of sp³-hybridized carbons (Fsp3) is 0.435. The molecule has 1 heterocycles. The summed E-state index contributed by atoms with van der Waals surface area (Å²) >= 11 is 0. The first kappa shape index (κ1) is 23.2. The van der Waals surface area contributed by atoms with Gasteiger partial charge in [0.05, 0.1) is 17.7 Å². The zero-order chi connectivity index (χ0) is 22.8. The fourth-order valence-corrected chi connectivity index (χ4v) is 4.89. The summed E-state index contributed by atoms with van der Waals surface area (Å²) < 4.78 is 33.0. The van der Waals surface area contributed by atoms with Gasteiger partial charge in [0.1, 0.15) is 5.75 Å². The molecule has 168 valence electrons. The number of carbonyl (C=O) groups is 1. The molecule has 7 nitrogen and oxygen atoms in total. The van der Waals surface area contributed by atoms with Crippen LogP contribution in [-0.2, 0) is 15.4 Å². The second kappa shape index (κ2) is 8.98. The Labute approximate surface area is 185 Å². The van der Waals surface area contributed by atoms with Crippen molar-refractivity contribution < 1.29 is 17.9 Å². The number of methoxy groups -OCH3 is 1. The Morgan fingerprint density at radius 1 is 1.00 bits per heavy atom. The van der Waals surface area contributed by atoms with Crippen LogP contribution in [0.25, 0.3) is 0 Å². The second-order valence-electron chi connectivity index (χ2n) is 8.85. The first-order valence-electron chi connectivity index (χ1n) is 10.3. The van der Waals surface area contributed by atoms with Crippen molar-refractivity contribution in [2.45, 2.75) is 31.1 Å². The monoisotopic (exact) mass is 445 g/mol. The van der Waals surface area contributed by atoms with Crippen LogP contribution >= 0.6 is 0 Å². The van der Waals surface area contributed by atoms with E-state index in [2.05, 4.69) is 31.0 Å². The Bertz CT molecular complexity index is 1040. The lowest BCUT2D eigenvalue weighted by atomic mass is 9.87. The molecule has 0 aliphatic carbocycles. The number of nitrogens with zero attached hydrogens (tertiary/aromatic N) is 2. The maximum atomic E-state index is 13.1. The van der Waals surface area contributed by atoms with Crippen LogP contribution in [0.2, 0.25) is 0 Å². The summed E-state index contributed by atoms with van der Waals surface area (Å²) in [6, 6.07) is 12.0. The van der Waals surface area contributed by atoms with Crippen molar-refractivity contribution in [3.63, 3.8) is 0 Å². The number of nitrogens with one attached hydrogen (secondary N) is 1. The number of ether oxygens (including phenoxy) is 1. The van der Waals surface area contributed by atoms with Crippen molar-refractivity contribution in [3.05, 3.63) is 53.6 Å². The van der Waals surface area contributed by atoms with Gasteiger partial charge in [-0.2, -0.15) is 4.31 Å². The van der Waals surface area contributed by atoms with E-state index in [-0.39, 0.29) is 16.2 Å². The molecule has 1 fully saturated rings. The molecule has 0 bridgehead atoms. The lowest BCUT2D eigenvalue weighted by molar-refractivity contribution is 0.102. The molecule has 2 aromatic carbocycles. The number of sulfonamides is 1. The second-order valence-corrected chi connectivity index (χ2v) is 10.8. The van der Waals surface area contributed by atoms with E-state index in [9.17, 15) is 13.2 Å². The van der Waals surface area contributed by atoms with E-state index in [0.29, 0.717) is 43.2 Å². The Morgan fingerprint density at radius 2 is 1.61 bits per heavy atom. The van der Waals surface area contributed by atoms with Gasteiger partial charge in [0, 0.05) is 31.7 Å². The molecule has 0 saturated carbocycles. The van der Waals surface area contributed by atoms with Crippen LogP contribution in [0.3, 0.4) is 0 Å². The van der Waals surface area contributed by atoms with Crippen LogP contribution in [0, 0.1) is 0 Å². The van der Waals surface area contributed by atoms with E-state index >= 15 is 0 Å². The lowest BCUT2D eigenvalue weighted by Crippen LogP contribution is -2.47. The average Bonchev–Trinajstić information content (AvgIpc) is 2.73. The van der Waals surface area contributed by atoms with Crippen LogP contribution in [0.1, 0.15) is 36.7 Å². The number of amides is 1. The van der Waals surface area contributed by atoms with Crippen molar-refractivity contribution in [2.24, 2.45) is 0 Å². The Hall–Kier alpha value is -2.42. The summed E-state index contributed by atoms with van der Waals surface area (Å²) in [7, 11) is -0.200. The molecule has 3 rings (SSSR count). The summed E-state index contributed by atoms with van der Waals surface area (Å²) in [5.74, 6) is 0.0740. The molecule has 0 aromatic heterocycles. The van der Waals surface area contributed by atoms with Crippen LogP contribution in [0.5, 0.6) is 5.75 Å². The molecular weight excluding hydrogens is 414 g/mol. The van der Waals surface area contributed by atoms with Gasteiger partial charge in [-0.25, -0.2) is 8.42 Å². The van der Waals surface area contributed by atoms with Crippen LogP contribution < -0.4 is 10.1 Å². The average molecular weight is 446 g/mol. The summed E-state index contributed by atoms with van der Waals surface area (Å²) in [5.41, 5.74) is 1.93. The number of benzene rings is 2. The van der Waals surface area contributed by atoms with Crippen LogP contribution in [-0.4, -0.2) is 63.9 Å². The molecule has 1 aliphatic heterocycles. The van der Waals surface area contributed by atoms with Gasteiger partial charge in [0.15, 0.2) is 0 Å². The van der Waals surface area contributed by atoms with Gasteiger partial charge in [0.25, 0.3) is 5.91 Å². The first-order chi connectivity index (χ1) is 14.5. The Morgan fingerprint density at radius 3 is 2.16 bits per heavy atom. The largest absolute Gasteiger partial charge is 0.495 e. The van der Waals surface area contributed by atoms with E-state index in [1.165, 1.54) is 23.5 Å². The molecule has 31 heavy (non-hydrogen) atoms. The third-order valence-corrected chi connectivity index (χ3v) is 7.43. The predicted molar refractivity (Wildman–Crippen MR) is 122 cm³/mol. The Balaban J connectivity index is 1.85. The predicted octanol–water partition coefficient (Wildman–Crippen LogP) is 3.18. The number of hydrogen-bond donors (Lipinski definition) is 1. The minimum absolute atomic E-state index is 0.00975. The zero-order valence-corrected chi connectivity index (χ0v) is 19.6. The molecule has 1 aliphatic rings. The molecule has 0 unspecified atom stereocenters. The van der Waals surface area contributed by atoms with E-state index in [1.54, 1.807) is 18.2 Å². The highest BCUT2D eigenvalue weighted by molar-refractivity contribution is 7.89. The standard InChI is InChI=1S/C23H31N3O4S/c1-23(2,3)18-8-6-17(7-9-18)22(27)24-20-16-19(10-11-21(20)30-5)31(28,29)26-14-12-25(4)13-15-26/h6-11,16H,12-15H2,1-5H3,(H,24,27). The van der Waals surface area contributed by atoms with Gasteiger partial charge in [-0.05, 0) is 48.4 Å². The molecule has 1 saturated heterocycles. The first-order valence-corrected chi connectivity index (χ1v) is 11.7. The van der Waals surface area contributed by atoms with Crippen LogP contribution in [0.15, 0.2) is 47.4 Å². The molecule has 1 N–H and O–H groups in total. The van der Waals surface area contributed by atoms with E-state index in [1.807, 2.05) is 19.2 Å². The van der Waals surface area contributed by atoms with Gasteiger partial charge < -0.3 is 15.0 Å². The van der Waals surface area contributed by atoms with Crippen molar-refractivity contribution in [1.82, 2.24) is 9.21 Å². The third-order valence-electron chi connectivity index (χ3n) is 5.53. The summed E-state index contributed by atoms with van der Waals surface area (Å²) in [4.78, 5) is 15.0. The smallest absolute Gasteiger partial charge is 0.255 e. The molecule has 0 radical (unpaired) electrons. The number of anilines is 1. The third kappa shape index (κ3) is 5.26.